The molecule has 1 aliphatic heterocycles. The zero-order valence-electron chi connectivity index (χ0n) is 15.9. The van der Waals surface area contributed by atoms with E-state index < -0.39 is 5.41 Å². The number of nitrogens with one attached hydrogen (secondary N) is 1. The average Bonchev–Trinajstić information content (AvgIpc) is 3.06. The van der Waals surface area contributed by atoms with E-state index in [0.29, 0.717) is 12.5 Å². The number of anilines is 1. The lowest BCUT2D eigenvalue weighted by Gasteiger charge is -2.29. The minimum absolute atomic E-state index is 0. The van der Waals surface area contributed by atoms with Crippen molar-refractivity contribution in [1.82, 2.24) is 5.32 Å². The number of benzene rings is 1. The van der Waals surface area contributed by atoms with E-state index in [4.69, 9.17) is 17.3 Å². The molecule has 1 heterocycles. The lowest BCUT2D eigenvalue weighted by Crippen LogP contribution is -2.46. The van der Waals surface area contributed by atoms with Crippen LogP contribution in [0.25, 0.3) is 0 Å². The number of nitrogens with two attached hydrogens (primary N) is 1. The van der Waals surface area contributed by atoms with Gasteiger partial charge in [0.15, 0.2) is 0 Å². The second kappa shape index (κ2) is 11.2. The molecular formula is C19H32Cl3N3O. The molecule has 0 spiro atoms. The highest BCUT2D eigenvalue weighted by Crippen LogP contribution is 2.30. The van der Waals surface area contributed by atoms with Gasteiger partial charge in [-0.2, -0.15) is 0 Å². The van der Waals surface area contributed by atoms with Crippen molar-refractivity contribution >= 4 is 48.0 Å². The minimum Gasteiger partial charge on any atom is -0.371 e. The number of nitrogens with zero attached hydrogens (tertiary/aromatic N) is 1. The third-order valence-electron chi connectivity index (χ3n) is 5.57. The molecule has 150 valence electrons. The predicted octanol–water partition coefficient (Wildman–Crippen LogP) is 4.20. The summed E-state index contributed by atoms with van der Waals surface area (Å²) < 4.78 is 0. The van der Waals surface area contributed by atoms with Crippen molar-refractivity contribution in [2.45, 2.75) is 40.0 Å². The molecule has 7 heteroatoms. The normalized spacial score (nSPS) is 16.7. The fourth-order valence-electron chi connectivity index (χ4n) is 3.52. The first kappa shape index (κ1) is 25.3. The molecule has 0 aromatic heterocycles. The Morgan fingerprint density at radius 3 is 2.58 bits per heavy atom. The van der Waals surface area contributed by atoms with Gasteiger partial charge in [-0.05, 0) is 49.8 Å². The quantitative estimate of drug-likeness (QED) is 0.689. The average molecular weight is 425 g/mol. The van der Waals surface area contributed by atoms with Gasteiger partial charge in [-0.3, -0.25) is 4.79 Å². The topological polar surface area (TPSA) is 58.4 Å². The summed E-state index contributed by atoms with van der Waals surface area (Å²) >= 11 is 6.14. The molecule has 0 aliphatic carbocycles. The van der Waals surface area contributed by atoms with Crippen LogP contribution in [0.1, 0.15) is 38.7 Å². The van der Waals surface area contributed by atoms with Crippen molar-refractivity contribution in [1.29, 1.82) is 0 Å². The number of carbonyl (C=O) groups excluding carboxylic acids is 1. The molecule has 1 fully saturated rings. The van der Waals surface area contributed by atoms with Crippen LogP contribution >= 0.6 is 36.4 Å². The Morgan fingerprint density at radius 2 is 2.00 bits per heavy atom. The maximum Gasteiger partial charge on any atom is 0.227 e. The standard InChI is InChI=1S/C19H30ClN3O.2ClH/c1-4-19(5-2,13-21)18(24)22-11-15-8-9-23(12-15)17-10-16(20)7-6-14(17)3;;/h6-7,10,15H,4-5,8-9,11-13,21H2,1-3H3,(H,22,24);2*1H. The number of rotatable bonds is 7. The number of halogens is 3. The van der Waals surface area contributed by atoms with Crippen LogP contribution in [0.5, 0.6) is 0 Å². The SMILES string of the molecule is CCC(CC)(CN)C(=O)NCC1CCN(c2cc(Cl)ccc2C)C1.Cl.Cl. The monoisotopic (exact) mass is 423 g/mol. The number of amides is 1. The molecule has 0 saturated carbocycles. The Labute approximate surface area is 175 Å². The summed E-state index contributed by atoms with van der Waals surface area (Å²) in [7, 11) is 0. The van der Waals surface area contributed by atoms with Crippen molar-refractivity contribution in [2.24, 2.45) is 17.1 Å². The van der Waals surface area contributed by atoms with E-state index in [0.717, 1.165) is 43.9 Å². The van der Waals surface area contributed by atoms with Crippen molar-refractivity contribution in [2.75, 3.05) is 31.1 Å². The first-order valence-electron chi connectivity index (χ1n) is 8.95. The van der Waals surface area contributed by atoms with Crippen LogP contribution in [0.15, 0.2) is 18.2 Å². The zero-order valence-corrected chi connectivity index (χ0v) is 18.3. The minimum atomic E-state index is -0.415. The highest BCUT2D eigenvalue weighted by atomic mass is 35.5. The van der Waals surface area contributed by atoms with Crippen molar-refractivity contribution in [3.63, 3.8) is 0 Å². The van der Waals surface area contributed by atoms with E-state index in [-0.39, 0.29) is 30.7 Å². The third-order valence-corrected chi connectivity index (χ3v) is 5.81. The summed E-state index contributed by atoms with van der Waals surface area (Å²) in [5.74, 6) is 0.573. The Morgan fingerprint density at radius 1 is 1.35 bits per heavy atom. The fourth-order valence-corrected chi connectivity index (χ4v) is 3.68. The van der Waals surface area contributed by atoms with E-state index >= 15 is 0 Å². The molecule has 3 N–H and O–H groups in total. The summed E-state index contributed by atoms with van der Waals surface area (Å²) in [6.45, 7) is 9.27. The van der Waals surface area contributed by atoms with Gasteiger partial charge in [0.1, 0.15) is 0 Å². The molecular weight excluding hydrogens is 393 g/mol. The van der Waals surface area contributed by atoms with E-state index in [9.17, 15) is 4.79 Å². The lowest BCUT2D eigenvalue weighted by molar-refractivity contribution is -0.131. The molecule has 0 radical (unpaired) electrons. The molecule has 1 unspecified atom stereocenters. The molecule has 2 rings (SSSR count). The van der Waals surface area contributed by atoms with E-state index in [2.05, 4.69) is 23.2 Å². The Bertz CT molecular complexity index is 571. The highest BCUT2D eigenvalue weighted by Gasteiger charge is 2.34. The molecule has 1 aromatic carbocycles. The van der Waals surface area contributed by atoms with Gasteiger partial charge in [0.05, 0.1) is 5.41 Å². The van der Waals surface area contributed by atoms with Gasteiger partial charge < -0.3 is 16.0 Å². The Hall–Kier alpha value is -0.680. The first-order chi connectivity index (χ1) is 11.5. The molecule has 0 bridgehead atoms. The van der Waals surface area contributed by atoms with Crippen molar-refractivity contribution in [3.8, 4) is 0 Å². The molecule has 26 heavy (non-hydrogen) atoms. The van der Waals surface area contributed by atoms with Crippen LogP contribution in [0, 0.1) is 18.3 Å². The zero-order chi connectivity index (χ0) is 17.7. The maximum absolute atomic E-state index is 12.5. The van der Waals surface area contributed by atoms with Crippen LogP contribution in [0.2, 0.25) is 5.02 Å². The molecule has 1 amide bonds. The first-order valence-corrected chi connectivity index (χ1v) is 9.33. The van der Waals surface area contributed by atoms with Crippen LogP contribution in [0.4, 0.5) is 5.69 Å². The molecule has 1 aliphatic rings. The van der Waals surface area contributed by atoms with Gasteiger partial charge in [0, 0.05) is 36.9 Å². The van der Waals surface area contributed by atoms with E-state index in [1.54, 1.807) is 0 Å². The van der Waals surface area contributed by atoms with Crippen LogP contribution in [0.3, 0.4) is 0 Å². The van der Waals surface area contributed by atoms with Crippen molar-refractivity contribution < 1.29 is 4.79 Å². The van der Waals surface area contributed by atoms with Crippen LogP contribution < -0.4 is 16.0 Å². The molecule has 4 nitrogen and oxygen atoms in total. The number of carbonyl (C=O) groups is 1. The van der Waals surface area contributed by atoms with Crippen LogP contribution in [-0.4, -0.2) is 32.1 Å². The molecule has 1 saturated heterocycles. The summed E-state index contributed by atoms with van der Waals surface area (Å²) in [6, 6.07) is 6.02. The maximum atomic E-state index is 12.5. The van der Waals surface area contributed by atoms with Gasteiger partial charge in [-0.15, -0.1) is 24.8 Å². The van der Waals surface area contributed by atoms with E-state index in [1.165, 1.54) is 11.3 Å². The largest absolute Gasteiger partial charge is 0.371 e. The summed E-state index contributed by atoms with van der Waals surface area (Å²) in [5, 5.41) is 3.91. The van der Waals surface area contributed by atoms with Crippen LogP contribution in [-0.2, 0) is 4.79 Å². The number of hydrogen-bond acceptors (Lipinski definition) is 3. The summed E-state index contributed by atoms with van der Waals surface area (Å²) in [4.78, 5) is 14.9. The predicted molar refractivity (Wildman–Crippen MR) is 116 cm³/mol. The van der Waals surface area contributed by atoms with Gasteiger partial charge in [-0.1, -0.05) is 31.5 Å². The van der Waals surface area contributed by atoms with Gasteiger partial charge >= 0.3 is 0 Å². The van der Waals surface area contributed by atoms with E-state index in [1.807, 2.05) is 26.0 Å². The Kier molecular flexibility index (Phi) is 10.9. The molecule has 1 aromatic rings. The summed E-state index contributed by atoms with van der Waals surface area (Å²) in [6.07, 6.45) is 2.65. The summed E-state index contributed by atoms with van der Waals surface area (Å²) in [5.41, 5.74) is 7.89. The second-order valence-corrected chi connectivity index (χ2v) is 7.37. The van der Waals surface area contributed by atoms with Gasteiger partial charge in [0.2, 0.25) is 5.91 Å². The van der Waals surface area contributed by atoms with Gasteiger partial charge in [-0.25, -0.2) is 0 Å². The molecule has 1 atom stereocenters. The number of aryl methyl sites for hydroxylation is 1. The smallest absolute Gasteiger partial charge is 0.227 e. The van der Waals surface area contributed by atoms with Gasteiger partial charge in [0.25, 0.3) is 0 Å². The lowest BCUT2D eigenvalue weighted by atomic mass is 9.81. The second-order valence-electron chi connectivity index (χ2n) is 6.93. The van der Waals surface area contributed by atoms with Crippen molar-refractivity contribution in [3.05, 3.63) is 28.8 Å². The Balaban J connectivity index is 0.00000312. The fraction of sp³-hybridized carbons (Fsp3) is 0.632. The third kappa shape index (κ3) is 5.66. The number of hydrogen-bond donors (Lipinski definition) is 2. The highest BCUT2D eigenvalue weighted by molar-refractivity contribution is 6.30.